The van der Waals surface area contributed by atoms with E-state index < -0.39 is 27.9 Å². The number of carbonyl (C=O) groups is 1. The summed E-state index contributed by atoms with van der Waals surface area (Å²) in [6, 6.07) is 8.04. The van der Waals surface area contributed by atoms with Crippen molar-refractivity contribution in [1.82, 2.24) is 9.13 Å². The lowest BCUT2D eigenvalue weighted by molar-refractivity contribution is -0.155. The minimum atomic E-state index is -4.71. The van der Waals surface area contributed by atoms with Crippen molar-refractivity contribution in [2.45, 2.75) is 23.2 Å². The van der Waals surface area contributed by atoms with Crippen LogP contribution in [0.15, 0.2) is 51.3 Å². The number of aromatic nitrogens is 2. The first-order valence-corrected chi connectivity index (χ1v) is 11.6. The van der Waals surface area contributed by atoms with E-state index in [1.165, 1.54) is 31.5 Å². The molecular formula is C20H15F3N2O6S2. The molecule has 0 unspecified atom stereocenters. The van der Waals surface area contributed by atoms with E-state index in [4.69, 9.17) is 9.84 Å². The second-order valence-electron chi connectivity index (χ2n) is 6.92. The summed E-state index contributed by atoms with van der Waals surface area (Å²) in [6.45, 7) is 0. The van der Waals surface area contributed by atoms with Crippen LogP contribution >= 0.6 is 11.3 Å². The Hall–Kier alpha value is -3.32. The summed E-state index contributed by atoms with van der Waals surface area (Å²) in [5.41, 5.74) is 0.669. The number of carboxylic acid groups (broad SMARTS) is 1. The third kappa shape index (κ3) is 4.33. The van der Waals surface area contributed by atoms with Gasteiger partial charge in [-0.3, -0.25) is 4.79 Å². The zero-order valence-corrected chi connectivity index (χ0v) is 18.4. The SMILES string of the molecule is COc1ccc2c(c1)c(CCC(=O)O)cn2S(=O)(=O)c1ccc(-c2cc(C(F)(F)F)on2)s1. The van der Waals surface area contributed by atoms with Crippen LogP contribution in [0.1, 0.15) is 17.7 Å². The zero-order valence-electron chi connectivity index (χ0n) is 16.8. The minimum absolute atomic E-state index is 0.0936. The van der Waals surface area contributed by atoms with Crippen molar-refractivity contribution in [2.75, 3.05) is 7.11 Å². The number of hydrogen-bond donors (Lipinski definition) is 1. The summed E-state index contributed by atoms with van der Waals surface area (Å²) in [7, 11) is -2.69. The Bertz CT molecular complexity index is 1450. The zero-order chi connectivity index (χ0) is 24.0. The fraction of sp³-hybridized carbons (Fsp3) is 0.200. The summed E-state index contributed by atoms with van der Waals surface area (Å²) in [6.07, 6.45) is -3.47. The summed E-state index contributed by atoms with van der Waals surface area (Å²) in [5.74, 6) is -1.85. The van der Waals surface area contributed by atoms with E-state index >= 15 is 0 Å². The maximum absolute atomic E-state index is 13.4. The number of aryl methyl sites for hydroxylation is 1. The molecule has 0 aliphatic rings. The molecule has 8 nitrogen and oxygen atoms in total. The smallest absolute Gasteiger partial charge is 0.452 e. The Morgan fingerprint density at radius 1 is 1.24 bits per heavy atom. The Labute approximate surface area is 188 Å². The van der Waals surface area contributed by atoms with E-state index in [2.05, 4.69) is 9.68 Å². The first-order valence-electron chi connectivity index (χ1n) is 9.30. The predicted octanol–water partition coefficient (Wildman–Crippen LogP) is 4.64. The lowest BCUT2D eigenvalue weighted by atomic mass is 10.1. The van der Waals surface area contributed by atoms with Gasteiger partial charge in [0.1, 0.15) is 15.7 Å². The number of nitrogens with zero attached hydrogens (tertiary/aromatic N) is 2. The van der Waals surface area contributed by atoms with Crippen LogP contribution in [-0.4, -0.2) is 35.7 Å². The molecule has 0 aliphatic carbocycles. The van der Waals surface area contributed by atoms with Crippen molar-refractivity contribution >= 4 is 38.2 Å². The number of halogens is 3. The van der Waals surface area contributed by atoms with Gasteiger partial charge in [-0.15, -0.1) is 11.3 Å². The van der Waals surface area contributed by atoms with E-state index in [1.54, 1.807) is 12.1 Å². The minimum Gasteiger partial charge on any atom is -0.497 e. The highest BCUT2D eigenvalue weighted by atomic mass is 32.2. The predicted molar refractivity (Wildman–Crippen MR) is 112 cm³/mol. The quantitative estimate of drug-likeness (QED) is 0.394. The number of benzene rings is 1. The molecule has 4 aromatic rings. The van der Waals surface area contributed by atoms with Gasteiger partial charge in [-0.2, -0.15) is 21.6 Å². The van der Waals surface area contributed by atoms with Gasteiger partial charge >= 0.3 is 12.1 Å². The number of rotatable bonds is 7. The van der Waals surface area contributed by atoms with Gasteiger partial charge in [-0.1, -0.05) is 5.16 Å². The Morgan fingerprint density at radius 2 is 2.00 bits per heavy atom. The third-order valence-corrected chi connectivity index (χ3v) is 8.05. The number of alkyl halides is 3. The van der Waals surface area contributed by atoms with Crippen LogP contribution < -0.4 is 4.74 Å². The van der Waals surface area contributed by atoms with Crippen LogP contribution in [0.4, 0.5) is 13.2 Å². The van der Waals surface area contributed by atoms with Gasteiger partial charge in [0.05, 0.1) is 17.5 Å². The molecule has 13 heteroatoms. The molecule has 1 aromatic carbocycles. The molecule has 0 amide bonds. The Kier molecular flexibility index (Phi) is 5.70. The number of thiophene rings is 1. The van der Waals surface area contributed by atoms with Crippen LogP contribution in [0, 0.1) is 0 Å². The monoisotopic (exact) mass is 500 g/mol. The van der Waals surface area contributed by atoms with Crippen molar-refractivity contribution in [1.29, 1.82) is 0 Å². The van der Waals surface area contributed by atoms with Gasteiger partial charge in [-0.25, -0.2) is 3.97 Å². The molecule has 0 bridgehead atoms. The highest BCUT2D eigenvalue weighted by Gasteiger charge is 2.36. The van der Waals surface area contributed by atoms with Gasteiger partial charge < -0.3 is 14.4 Å². The molecular weight excluding hydrogens is 485 g/mol. The molecule has 0 radical (unpaired) electrons. The maximum atomic E-state index is 13.4. The number of hydrogen-bond acceptors (Lipinski definition) is 7. The second kappa shape index (κ2) is 8.23. The average Bonchev–Trinajstić information content (AvgIpc) is 3.49. The normalized spacial score (nSPS) is 12.4. The molecule has 0 saturated heterocycles. The molecule has 0 atom stereocenters. The van der Waals surface area contributed by atoms with Crippen LogP contribution in [-0.2, 0) is 27.4 Å². The largest absolute Gasteiger partial charge is 0.497 e. The molecule has 1 N–H and O–H groups in total. The summed E-state index contributed by atoms with van der Waals surface area (Å²) < 4.78 is 75.4. The van der Waals surface area contributed by atoms with Gasteiger partial charge in [-0.05, 0) is 42.3 Å². The first kappa shape index (κ1) is 22.9. The van der Waals surface area contributed by atoms with Crippen molar-refractivity contribution in [2.24, 2.45) is 0 Å². The van der Waals surface area contributed by atoms with E-state index in [1.807, 2.05) is 0 Å². The number of ether oxygens (including phenoxy) is 1. The molecule has 4 rings (SSSR count). The van der Waals surface area contributed by atoms with Crippen LogP contribution in [0.5, 0.6) is 5.75 Å². The summed E-state index contributed by atoms with van der Waals surface area (Å²) >= 11 is 0.738. The van der Waals surface area contributed by atoms with Crippen molar-refractivity contribution in [3.8, 4) is 16.3 Å². The van der Waals surface area contributed by atoms with Crippen LogP contribution in [0.25, 0.3) is 21.5 Å². The van der Waals surface area contributed by atoms with Crippen molar-refractivity contribution in [3.63, 3.8) is 0 Å². The van der Waals surface area contributed by atoms with Crippen LogP contribution in [0.3, 0.4) is 0 Å². The number of methoxy groups -OCH3 is 1. The summed E-state index contributed by atoms with van der Waals surface area (Å²) in [4.78, 5) is 11.2. The average molecular weight is 500 g/mol. The van der Waals surface area contributed by atoms with E-state index in [9.17, 15) is 26.4 Å². The molecule has 3 aromatic heterocycles. The Balaban J connectivity index is 1.77. The third-order valence-electron chi connectivity index (χ3n) is 4.80. The molecule has 3 heterocycles. The topological polar surface area (TPSA) is 112 Å². The van der Waals surface area contributed by atoms with Crippen molar-refractivity contribution < 1.29 is 40.8 Å². The first-order chi connectivity index (χ1) is 15.5. The molecule has 0 fully saturated rings. The van der Waals surface area contributed by atoms with Crippen molar-refractivity contribution in [3.05, 3.63) is 53.9 Å². The molecule has 174 valence electrons. The van der Waals surface area contributed by atoms with E-state index in [0.717, 1.165) is 15.3 Å². The lowest BCUT2D eigenvalue weighted by Gasteiger charge is -2.06. The van der Waals surface area contributed by atoms with Gasteiger partial charge in [0.15, 0.2) is 0 Å². The fourth-order valence-corrected chi connectivity index (χ4v) is 5.97. The highest BCUT2D eigenvalue weighted by Crippen LogP contribution is 2.37. The van der Waals surface area contributed by atoms with Gasteiger partial charge in [0.2, 0.25) is 5.76 Å². The Morgan fingerprint density at radius 3 is 2.64 bits per heavy atom. The number of aliphatic carboxylic acids is 1. The second-order valence-corrected chi connectivity index (χ2v) is 10.1. The van der Waals surface area contributed by atoms with Gasteiger partial charge in [0.25, 0.3) is 10.0 Å². The lowest BCUT2D eigenvalue weighted by Crippen LogP contribution is -2.10. The molecule has 0 aliphatic heterocycles. The van der Waals surface area contributed by atoms with E-state index in [-0.39, 0.29) is 27.6 Å². The molecule has 0 saturated carbocycles. The number of carboxylic acids is 1. The number of fused-ring (bicyclic) bond motifs is 1. The maximum Gasteiger partial charge on any atom is 0.452 e. The fourth-order valence-electron chi connectivity index (χ4n) is 3.23. The highest BCUT2D eigenvalue weighted by molar-refractivity contribution is 7.92. The van der Waals surface area contributed by atoms with Gasteiger partial charge in [0, 0.05) is 24.1 Å². The summed E-state index contributed by atoms with van der Waals surface area (Å²) in [5, 5.41) is 12.9. The van der Waals surface area contributed by atoms with E-state index in [0.29, 0.717) is 28.3 Å². The standard InChI is InChI=1S/C20H15F3N2O6S2/c1-30-12-3-4-15-13(8-12)11(2-6-18(26)27)10-25(15)33(28,29)19-7-5-16(32-19)14-9-17(31-24-14)20(21,22)23/h3-5,7-10H,2,6H2,1H3,(H,26,27). The molecule has 33 heavy (non-hydrogen) atoms. The molecule has 0 spiro atoms. The van der Waals surface area contributed by atoms with Crippen LogP contribution in [0.2, 0.25) is 0 Å².